The Morgan fingerprint density at radius 2 is 1.76 bits per heavy atom. The van der Waals surface area contributed by atoms with E-state index in [1.165, 1.54) is 4.90 Å². The number of ether oxygens (including phenoxy) is 2. The third-order valence-electron chi connectivity index (χ3n) is 7.69. The summed E-state index contributed by atoms with van der Waals surface area (Å²) in [5, 5.41) is 20.3. The first-order valence-corrected chi connectivity index (χ1v) is 16.3. The van der Waals surface area contributed by atoms with Crippen LogP contribution >= 0.6 is 0 Å². The zero-order valence-corrected chi connectivity index (χ0v) is 25.2. The van der Waals surface area contributed by atoms with Gasteiger partial charge in [0.25, 0.3) is 0 Å². The molecular formula is C30H45NO6Si. The molecule has 38 heavy (non-hydrogen) atoms. The molecular weight excluding hydrogens is 498 g/mol. The van der Waals surface area contributed by atoms with Crippen molar-refractivity contribution >= 4 is 14.4 Å². The molecule has 3 atom stereocenters. The number of rotatable bonds is 9. The maximum absolute atomic E-state index is 12.8. The summed E-state index contributed by atoms with van der Waals surface area (Å²) < 4.78 is 19.3. The van der Waals surface area contributed by atoms with Crippen LogP contribution in [-0.4, -0.2) is 60.9 Å². The van der Waals surface area contributed by atoms with Gasteiger partial charge in [0.2, 0.25) is 0 Å². The van der Waals surface area contributed by atoms with Crippen molar-refractivity contribution in [3.63, 3.8) is 0 Å². The van der Waals surface area contributed by atoms with Crippen molar-refractivity contribution in [1.29, 1.82) is 0 Å². The lowest BCUT2D eigenvalue weighted by Gasteiger charge is -2.46. The Kier molecular flexibility index (Phi) is 9.09. The summed E-state index contributed by atoms with van der Waals surface area (Å²) in [4.78, 5) is 14.3. The van der Waals surface area contributed by atoms with Crippen molar-refractivity contribution in [2.45, 2.75) is 90.8 Å². The van der Waals surface area contributed by atoms with Gasteiger partial charge < -0.3 is 24.1 Å². The summed E-state index contributed by atoms with van der Waals surface area (Å²) in [5.41, 5.74) is 0.533. The Hall–Kier alpha value is -2.71. The molecule has 3 rings (SSSR count). The van der Waals surface area contributed by atoms with Crippen LogP contribution in [0.5, 0.6) is 17.2 Å². The number of fused-ring (bicyclic) bond motifs is 1. The molecule has 2 N–H and O–H groups in total. The van der Waals surface area contributed by atoms with Gasteiger partial charge in [0, 0.05) is 0 Å². The van der Waals surface area contributed by atoms with Crippen LogP contribution in [0.25, 0.3) is 0 Å². The molecule has 8 heteroatoms. The Balaban J connectivity index is 1.91. The summed E-state index contributed by atoms with van der Waals surface area (Å²) in [6, 6.07) is 14.2. The number of nitrogens with zero attached hydrogens (tertiary/aromatic N) is 1. The van der Waals surface area contributed by atoms with E-state index in [0.717, 1.165) is 11.3 Å². The van der Waals surface area contributed by atoms with Gasteiger partial charge in [-0.05, 0) is 72.3 Å². The summed E-state index contributed by atoms with van der Waals surface area (Å²) in [6.45, 7) is 17.4. The number of carbonyl (C=O) groups is 1. The fourth-order valence-corrected chi connectivity index (χ4v) is 6.13. The quantitative estimate of drug-likeness (QED) is 0.333. The zero-order valence-electron chi connectivity index (χ0n) is 24.2. The van der Waals surface area contributed by atoms with E-state index in [0.29, 0.717) is 18.6 Å². The predicted octanol–water partition coefficient (Wildman–Crippen LogP) is 6.95. The molecule has 2 aromatic rings. The van der Waals surface area contributed by atoms with Crippen LogP contribution in [0.1, 0.15) is 53.5 Å². The third-order valence-corrected chi connectivity index (χ3v) is 12.2. The van der Waals surface area contributed by atoms with E-state index in [1.54, 1.807) is 18.2 Å². The summed E-state index contributed by atoms with van der Waals surface area (Å²) in [6.07, 6.45) is -0.448. The Bertz CT molecular complexity index is 1080. The standard InChI is InChI=1S/C30H45NO6Si/c1-29(2,3)27(26-16-14-21-18-22(32)15-17-25(21)36-26)31(28(33)34)19-24(37-38(7,8)30(4,5)6)20-35-23-12-10-9-11-13-23/h9-13,15,17-18,24,26-27,32H,14,16,19-20H2,1-8H3,(H,33,34)/t24-,26+,27?/m0/s1. The van der Waals surface area contributed by atoms with E-state index >= 15 is 0 Å². The van der Waals surface area contributed by atoms with E-state index in [-0.39, 0.29) is 30.0 Å². The largest absolute Gasteiger partial charge is 0.508 e. The number of amides is 1. The van der Waals surface area contributed by atoms with Gasteiger partial charge >= 0.3 is 6.09 Å². The van der Waals surface area contributed by atoms with Crippen molar-refractivity contribution in [2.24, 2.45) is 5.41 Å². The minimum atomic E-state index is -2.24. The van der Waals surface area contributed by atoms with E-state index in [2.05, 4.69) is 33.9 Å². The molecule has 1 aliphatic heterocycles. The van der Waals surface area contributed by atoms with Crippen LogP contribution in [0.3, 0.4) is 0 Å². The van der Waals surface area contributed by atoms with Gasteiger partial charge in [-0.3, -0.25) is 4.90 Å². The van der Waals surface area contributed by atoms with Crippen molar-refractivity contribution < 1.29 is 28.9 Å². The average Bonchev–Trinajstić information content (AvgIpc) is 2.81. The molecule has 210 valence electrons. The highest BCUT2D eigenvalue weighted by Crippen LogP contribution is 2.39. The molecule has 1 aliphatic rings. The Morgan fingerprint density at radius 1 is 1.11 bits per heavy atom. The summed E-state index contributed by atoms with van der Waals surface area (Å²) in [7, 11) is -2.24. The molecule has 1 unspecified atom stereocenters. The second kappa shape index (κ2) is 11.6. The highest BCUT2D eigenvalue weighted by molar-refractivity contribution is 6.74. The molecule has 0 aromatic heterocycles. The number of aryl methyl sites for hydroxylation is 1. The smallest absolute Gasteiger partial charge is 0.407 e. The highest BCUT2D eigenvalue weighted by Gasteiger charge is 2.45. The van der Waals surface area contributed by atoms with Crippen LogP contribution < -0.4 is 9.47 Å². The second-order valence-electron chi connectivity index (χ2n) is 12.9. The molecule has 0 bridgehead atoms. The van der Waals surface area contributed by atoms with Crippen LogP contribution in [0.2, 0.25) is 18.1 Å². The Morgan fingerprint density at radius 3 is 2.34 bits per heavy atom. The molecule has 0 saturated carbocycles. The van der Waals surface area contributed by atoms with Crippen LogP contribution in [0, 0.1) is 5.41 Å². The maximum atomic E-state index is 12.8. The average molecular weight is 544 g/mol. The third kappa shape index (κ3) is 7.44. The minimum absolute atomic E-state index is 0.0444. The van der Waals surface area contributed by atoms with Crippen LogP contribution in [0.4, 0.5) is 4.79 Å². The van der Waals surface area contributed by atoms with Crippen molar-refractivity contribution in [2.75, 3.05) is 13.2 Å². The molecule has 0 spiro atoms. The van der Waals surface area contributed by atoms with E-state index in [1.807, 2.05) is 51.1 Å². The SMILES string of the molecule is CC(C)(C)C([C@H]1CCc2cc(O)ccc2O1)N(C[C@@H](COc1ccccc1)O[Si](C)(C)C(C)(C)C)C(=O)O. The van der Waals surface area contributed by atoms with Crippen molar-refractivity contribution in [3.05, 3.63) is 54.1 Å². The monoisotopic (exact) mass is 543 g/mol. The number of hydrogen-bond acceptors (Lipinski definition) is 5. The number of hydrogen-bond donors (Lipinski definition) is 2. The lowest BCUT2D eigenvalue weighted by Crippen LogP contribution is -2.59. The normalized spacial score (nSPS) is 17.6. The fraction of sp³-hybridized carbons (Fsp3) is 0.567. The van der Waals surface area contributed by atoms with Gasteiger partial charge in [0.05, 0.1) is 18.7 Å². The highest BCUT2D eigenvalue weighted by atomic mass is 28.4. The Labute approximate surface area is 228 Å². The van der Waals surface area contributed by atoms with Crippen LogP contribution in [0.15, 0.2) is 48.5 Å². The topological polar surface area (TPSA) is 88.5 Å². The number of phenolic OH excluding ortho intramolecular Hbond substituents is 1. The minimum Gasteiger partial charge on any atom is -0.508 e. The van der Waals surface area contributed by atoms with Crippen molar-refractivity contribution in [1.82, 2.24) is 4.90 Å². The lowest BCUT2D eigenvalue weighted by atomic mass is 9.79. The predicted molar refractivity (Wildman–Crippen MR) is 153 cm³/mol. The van der Waals surface area contributed by atoms with E-state index < -0.39 is 32.0 Å². The number of benzene rings is 2. The maximum Gasteiger partial charge on any atom is 0.407 e. The molecule has 1 amide bonds. The molecule has 0 aliphatic carbocycles. The number of para-hydroxylation sites is 1. The molecule has 0 radical (unpaired) electrons. The van der Waals surface area contributed by atoms with E-state index in [4.69, 9.17) is 13.9 Å². The first kappa shape index (κ1) is 29.8. The van der Waals surface area contributed by atoms with E-state index in [9.17, 15) is 15.0 Å². The zero-order chi connectivity index (χ0) is 28.3. The first-order chi connectivity index (χ1) is 17.6. The fourth-order valence-electron chi connectivity index (χ4n) is 4.80. The number of carboxylic acid groups (broad SMARTS) is 1. The molecule has 7 nitrogen and oxygen atoms in total. The second-order valence-corrected chi connectivity index (χ2v) is 17.6. The molecule has 0 fully saturated rings. The van der Waals surface area contributed by atoms with Gasteiger partial charge in [-0.2, -0.15) is 0 Å². The van der Waals surface area contributed by atoms with Gasteiger partial charge in [-0.15, -0.1) is 0 Å². The first-order valence-electron chi connectivity index (χ1n) is 13.4. The van der Waals surface area contributed by atoms with Gasteiger partial charge in [0.1, 0.15) is 30.0 Å². The number of aromatic hydroxyl groups is 1. The van der Waals surface area contributed by atoms with Gasteiger partial charge in [0.15, 0.2) is 8.32 Å². The molecule has 0 saturated heterocycles. The van der Waals surface area contributed by atoms with Crippen molar-refractivity contribution in [3.8, 4) is 17.2 Å². The summed E-state index contributed by atoms with van der Waals surface area (Å²) in [5.74, 6) is 1.62. The van der Waals surface area contributed by atoms with Crippen LogP contribution in [-0.2, 0) is 10.8 Å². The lowest BCUT2D eigenvalue weighted by molar-refractivity contribution is -0.0205. The summed E-state index contributed by atoms with van der Waals surface area (Å²) >= 11 is 0. The molecule has 1 heterocycles. The molecule has 2 aromatic carbocycles. The number of phenols is 1. The van der Waals surface area contributed by atoms with Gasteiger partial charge in [-0.25, -0.2) is 4.79 Å². The van der Waals surface area contributed by atoms with Gasteiger partial charge in [-0.1, -0.05) is 59.7 Å².